The van der Waals surface area contributed by atoms with Crippen molar-refractivity contribution < 1.29 is 0 Å². The molecule has 0 spiro atoms. The summed E-state index contributed by atoms with van der Waals surface area (Å²) in [5.74, 6) is 0.568. The van der Waals surface area contributed by atoms with Crippen molar-refractivity contribution >= 4 is 45.9 Å². The first kappa shape index (κ1) is 16.8. The lowest BCUT2D eigenvalue weighted by Crippen LogP contribution is -2.33. The molecule has 1 saturated carbocycles. The van der Waals surface area contributed by atoms with E-state index in [1.807, 2.05) is 0 Å². The average molecular weight is 438 g/mol. The van der Waals surface area contributed by atoms with Gasteiger partial charge < -0.3 is 11.1 Å². The lowest BCUT2D eigenvalue weighted by atomic mass is 9.96. The van der Waals surface area contributed by atoms with E-state index in [4.69, 9.17) is 5.73 Å². The Morgan fingerprint density at radius 3 is 2.79 bits per heavy atom. The molecule has 3 N–H and O–H groups in total. The van der Waals surface area contributed by atoms with E-state index in [9.17, 15) is 0 Å². The Kier molecular flexibility index (Phi) is 6.59. The average Bonchev–Trinajstić information content (AvgIpc) is 3.15. The molecule has 0 unspecified atom stereocenters. The summed E-state index contributed by atoms with van der Waals surface area (Å²) in [5, 5.41) is 3.11. The van der Waals surface area contributed by atoms with E-state index < -0.39 is 0 Å². The number of rotatable bonds is 5. The van der Waals surface area contributed by atoms with Crippen LogP contribution < -0.4 is 11.1 Å². The molecule has 1 aliphatic carbocycles. The quantitative estimate of drug-likeness (QED) is 0.421. The first-order valence-electron chi connectivity index (χ1n) is 6.46. The minimum absolute atomic E-state index is 0. The number of benzene rings is 1. The highest BCUT2D eigenvalue weighted by Crippen LogP contribution is 2.48. The van der Waals surface area contributed by atoms with E-state index in [1.54, 1.807) is 0 Å². The van der Waals surface area contributed by atoms with Crippen molar-refractivity contribution in [3.8, 4) is 0 Å². The number of nitrogens with one attached hydrogen (secondary N) is 1. The number of hydrogen-bond acceptors (Lipinski definition) is 1. The Bertz CT molecular complexity index is 444. The zero-order valence-electron chi connectivity index (χ0n) is 11.2. The minimum atomic E-state index is 0. The summed E-state index contributed by atoms with van der Waals surface area (Å²) in [6, 6.07) is 8.52. The van der Waals surface area contributed by atoms with Gasteiger partial charge in [0.05, 0.1) is 6.54 Å². The van der Waals surface area contributed by atoms with Gasteiger partial charge in [0.2, 0.25) is 0 Å². The van der Waals surface area contributed by atoms with Gasteiger partial charge in [-0.2, -0.15) is 0 Å². The maximum absolute atomic E-state index is 5.83. The summed E-state index contributed by atoms with van der Waals surface area (Å²) in [6.07, 6.45) is 3.47. The first-order chi connectivity index (χ1) is 8.66. The predicted molar refractivity (Wildman–Crippen MR) is 95.3 cm³/mol. The zero-order chi connectivity index (χ0) is 13.0. The highest BCUT2D eigenvalue weighted by Gasteiger charge is 2.44. The molecule has 0 aliphatic heterocycles. The summed E-state index contributed by atoms with van der Waals surface area (Å²) in [4.78, 5) is 4.47. The van der Waals surface area contributed by atoms with Gasteiger partial charge in [0, 0.05) is 16.4 Å². The fraction of sp³-hybridized carbons (Fsp3) is 0.500. The van der Waals surface area contributed by atoms with Gasteiger partial charge in [-0.3, -0.25) is 4.99 Å². The number of nitrogens with zero attached hydrogens (tertiary/aromatic N) is 1. The minimum Gasteiger partial charge on any atom is -0.370 e. The normalized spacial score (nSPS) is 16.6. The summed E-state index contributed by atoms with van der Waals surface area (Å²) in [7, 11) is 0. The lowest BCUT2D eigenvalue weighted by molar-refractivity contribution is 0.698. The van der Waals surface area contributed by atoms with Crippen LogP contribution in [0.2, 0.25) is 0 Å². The largest absolute Gasteiger partial charge is 0.370 e. The number of halogens is 2. The molecule has 106 valence electrons. The molecule has 0 bridgehead atoms. The van der Waals surface area contributed by atoms with Crippen molar-refractivity contribution in [1.82, 2.24) is 5.32 Å². The number of nitrogens with two attached hydrogens (primary N) is 1. The molecular formula is C14H21BrIN3. The van der Waals surface area contributed by atoms with Crippen molar-refractivity contribution in [2.24, 2.45) is 10.7 Å². The smallest absolute Gasteiger partial charge is 0.188 e. The standard InChI is InChI=1S/C14H20BrN3.HI/c1-2-8-17-13(16)18-10-14(6-7-14)11-4-3-5-12(15)9-11;/h3-5,9H,2,6-8,10H2,1H3,(H3,16,17,18);1H. The molecule has 0 atom stereocenters. The Labute approximate surface area is 140 Å². The van der Waals surface area contributed by atoms with Crippen molar-refractivity contribution in [2.75, 3.05) is 13.1 Å². The van der Waals surface area contributed by atoms with Gasteiger partial charge in [-0.1, -0.05) is 35.0 Å². The predicted octanol–water partition coefficient (Wildman–Crippen LogP) is 3.41. The van der Waals surface area contributed by atoms with Gasteiger partial charge in [-0.05, 0) is 37.0 Å². The molecule has 19 heavy (non-hydrogen) atoms. The van der Waals surface area contributed by atoms with Crippen LogP contribution in [0.25, 0.3) is 0 Å². The fourth-order valence-electron chi connectivity index (χ4n) is 2.05. The van der Waals surface area contributed by atoms with E-state index in [1.165, 1.54) is 18.4 Å². The van der Waals surface area contributed by atoms with E-state index in [0.717, 1.165) is 24.0 Å². The van der Waals surface area contributed by atoms with Crippen LogP contribution in [-0.4, -0.2) is 19.0 Å². The third-order valence-corrected chi connectivity index (χ3v) is 3.89. The van der Waals surface area contributed by atoms with Crippen LogP contribution in [0.1, 0.15) is 31.7 Å². The molecule has 0 amide bonds. The molecular weight excluding hydrogens is 417 g/mol. The Hall–Kier alpha value is -0.300. The fourth-order valence-corrected chi connectivity index (χ4v) is 2.45. The Balaban J connectivity index is 0.00000180. The zero-order valence-corrected chi connectivity index (χ0v) is 15.1. The van der Waals surface area contributed by atoms with Crippen LogP contribution in [0.15, 0.2) is 33.7 Å². The molecule has 2 rings (SSSR count). The van der Waals surface area contributed by atoms with Crippen LogP contribution >= 0.6 is 39.9 Å². The van der Waals surface area contributed by atoms with Gasteiger partial charge >= 0.3 is 0 Å². The summed E-state index contributed by atoms with van der Waals surface area (Å²) < 4.78 is 1.13. The van der Waals surface area contributed by atoms with Crippen LogP contribution in [0.5, 0.6) is 0 Å². The molecule has 0 saturated heterocycles. The van der Waals surface area contributed by atoms with Gasteiger partial charge in [-0.25, -0.2) is 0 Å². The van der Waals surface area contributed by atoms with Gasteiger partial charge in [0.1, 0.15) is 0 Å². The molecule has 0 aromatic heterocycles. The highest BCUT2D eigenvalue weighted by atomic mass is 127. The molecule has 1 aromatic carbocycles. The topological polar surface area (TPSA) is 50.4 Å². The second-order valence-electron chi connectivity index (χ2n) is 4.92. The Morgan fingerprint density at radius 1 is 1.47 bits per heavy atom. The Morgan fingerprint density at radius 2 is 2.21 bits per heavy atom. The molecule has 5 heteroatoms. The van der Waals surface area contributed by atoms with Crippen molar-refractivity contribution in [2.45, 2.75) is 31.6 Å². The second kappa shape index (κ2) is 7.47. The summed E-state index contributed by atoms with van der Waals surface area (Å²) >= 11 is 3.52. The van der Waals surface area contributed by atoms with E-state index >= 15 is 0 Å². The first-order valence-corrected chi connectivity index (χ1v) is 7.25. The monoisotopic (exact) mass is 437 g/mol. The van der Waals surface area contributed by atoms with Crippen LogP contribution in [0.3, 0.4) is 0 Å². The number of aliphatic imine (C=N–C) groups is 1. The SMILES string of the molecule is CCCNC(N)=NCC1(c2cccc(Br)c2)CC1.I. The van der Waals surface area contributed by atoms with Crippen molar-refractivity contribution in [3.63, 3.8) is 0 Å². The van der Waals surface area contributed by atoms with Crippen molar-refractivity contribution in [1.29, 1.82) is 0 Å². The summed E-state index contributed by atoms with van der Waals surface area (Å²) in [5.41, 5.74) is 7.42. The molecule has 0 radical (unpaired) electrons. The highest BCUT2D eigenvalue weighted by molar-refractivity contribution is 14.0. The number of guanidine groups is 1. The molecule has 0 heterocycles. The van der Waals surface area contributed by atoms with Crippen LogP contribution in [0, 0.1) is 0 Å². The van der Waals surface area contributed by atoms with E-state index in [2.05, 4.69) is 57.4 Å². The van der Waals surface area contributed by atoms with Gasteiger partial charge in [0.15, 0.2) is 5.96 Å². The maximum atomic E-state index is 5.83. The molecule has 3 nitrogen and oxygen atoms in total. The van der Waals surface area contributed by atoms with E-state index in [-0.39, 0.29) is 29.4 Å². The number of hydrogen-bond donors (Lipinski definition) is 2. The third kappa shape index (κ3) is 4.63. The van der Waals surface area contributed by atoms with Gasteiger partial charge in [0.25, 0.3) is 0 Å². The molecule has 1 fully saturated rings. The molecule has 1 aromatic rings. The third-order valence-electron chi connectivity index (χ3n) is 3.40. The van der Waals surface area contributed by atoms with E-state index in [0.29, 0.717) is 5.96 Å². The molecule has 1 aliphatic rings. The van der Waals surface area contributed by atoms with Crippen LogP contribution in [-0.2, 0) is 5.41 Å². The van der Waals surface area contributed by atoms with Crippen molar-refractivity contribution in [3.05, 3.63) is 34.3 Å². The summed E-state index contributed by atoms with van der Waals surface area (Å²) in [6.45, 7) is 3.79. The lowest BCUT2D eigenvalue weighted by Gasteiger charge is -2.14. The van der Waals surface area contributed by atoms with Crippen LogP contribution in [0.4, 0.5) is 0 Å². The maximum Gasteiger partial charge on any atom is 0.188 e. The second-order valence-corrected chi connectivity index (χ2v) is 5.83. The van der Waals surface area contributed by atoms with Gasteiger partial charge in [-0.15, -0.1) is 24.0 Å².